The molecule has 1 heterocycles. The molecule has 0 radical (unpaired) electrons. The van der Waals surface area contributed by atoms with Crippen molar-refractivity contribution >= 4 is 5.88 Å². The van der Waals surface area contributed by atoms with E-state index in [4.69, 9.17) is 9.26 Å². The van der Waals surface area contributed by atoms with Gasteiger partial charge in [-0.25, -0.2) is 0 Å². The van der Waals surface area contributed by atoms with Gasteiger partial charge in [0.2, 0.25) is 5.88 Å². The lowest BCUT2D eigenvalue weighted by atomic mass is 10.1. The van der Waals surface area contributed by atoms with Crippen LogP contribution >= 0.6 is 0 Å². The SMILES string of the molecule is C=CCOC[C@H](O)CN(Cc1c(-c2ccccc2)noc1N(C)Cc1ccccc1)CC1CC1. The molecule has 1 N–H and O–H groups in total. The van der Waals surface area contributed by atoms with Crippen molar-refractivity contribution in [3.8, 4) is 11.3 Å². The van der Waals surface area contributed by atoms with Crippen molar-refractivity contribution in [1.29, 1.82) is 0 Å². The molecule has 0 aliphatic heterocycles. The second-order valence-electron chi connectivity index (χ2n) is 9.14. The van der Waals surface area contributed by atoms with Crippen LogP contribution in [0.2, 0.25) is 0 Å². The molecule has 0 bridgehead atoms. The molecular formula is C28H35N3O3. The van der Waals surface area contributed by atoms with Gasteiger partial charge in [-0.1, -0.05) is 71.9 Å². The van der Waals surface area contributed by atoms with E-state index in [2.05, 4.69) is 45.8 Å². The molecule has 3 aromatic rings. The summed E-state index contributed by atoms with van der Waals surface area (Å²) < 4.78 is 11.4. The quantitative estimate of drug-likeness (QED) is 0.276. The molecule has 6 heteroatoms. The Kier molecular flexibility index (Phi) is 8.52. The lowest BCUT2D eigenvalue weighted by Crippen LogP contribution is -2.36. The van der Waals surface area contributed by atoms with Gasteiger partial charge < -0.3 is 19.3 Å². The summed E-state index contributed by atoms with van der Waals surface area (Å²) in [5, 5.41) is 15.1. The fraction of sp³-hybridized carbons (Fsp3) is 0.393. The molecule has 34 heavy (non-hydrogen) atoms. The van der Waals surface area contributed by atoms with Gasteiger partial charge in [0.25, 0.3) is 0 Å². The summed E-state index contributed by atoms with van der Waals surface area (Å²) in [5.41, 5.74) is 4.14. The maximum absolute atomic E-state index is 10.6. The van der Waals surface area contributed by atoms with E-state index in [1.54, 1.807) is 6.08 Å². The molecule has 4 rings (SSSR count). The van der Waals surface area contributed by atoms with Gasteiger partial charge in [-0.2, -0.15) is 0 Å². The molecule has 1 atom stereocenters. The number of rotatable bonds is 14. The van der Waals surface area contributed by atoms with Crippen LogP contribution in [0.4, 0.5) is 5.88 Å². The summed E-state index contributed by atoms with van der Waals surface area (Å²) in [6, 6.07) is 20.5. The van der Waals surface area contributed by atoms with Crippen LogP contribution < -0.4 is 4.90 Å². The van der Waals surface area contributed by atoms with E-state index in [1.165, 1.54) is 18.4 Å². The van der Waals surface area contributed by atoms with Gasteiger partial charge in [-0.3, -0.25) is 4.90 Å². The predicted molar refractivity (Wildman–Crippen MR) is 136 cm³/mol. The average Bonchev–Trinajstić information content (AvgIpc) is 3.56. The molecule has 6 nitrogen and oxygen atoms in total. The third kappa shape index (κ3) is 6.79. The Bertz CT molecular complexity index is 1020. The normalized spacial score (nSPS) is 14.3. The molecular weight excluding hydrogens is 426 g/mol. The van der Waals surface area contributed by atoms with Crippen molar-refractivity contribution < 1.29 is 14.4 Å². The summed E-state index contributed by atoms with van der Waals surface area (Å²) in [4.78, 5) is 4.43. The van der Waals surface area contributed by atoms with Crippen molar-refractivity contribution in [2.24, 2.45) is 5.92 Å². The largest absolute Gasteiger partial charge is 0.389 e. The Balaban J connectivity index is 1.58. The van der Waals surface area contributed by atoms with E-state index >= 15 is 0 Å². The Morgan fingerprint density at radius 1 is 1.12 bits per heavy atom. The highest BCUT2D eigenvalue weighted by Crippen LogP contribution is 2.35. The molecule has 2 aromatic carbocycles. The van der Waals surface area contributed by atoms with Gasteiger partial charge in [0.15, 0.2) is 0 Å². The van der Waals surface area contributed by atoms with Gasteiger partial charge in [-0.05, 0) is 24.3 Å². The number of aromatic nitrogens is 1. The van der Waals surface area contributed by atoms with E-state index in [0.29, 0.717) is 32.2 Å². The molecule has 1 fully saturated rings. The van der Waals surface area contributed by atoms with E-state index in [9.17, 15) is 5.11 Å². The van der Waals surface area contributed by atoms with Crippen LogP contribution in [0.15, 0.2) is 77.8 Å². The van der Waals surface area contributed by atoms with E-state index in [1.807, 2.05) is 43.4 Å². The van der Waals surface area contributed by atoms with Gasteiger partial charge >= 0.3 is 0 Å². The van der Waals surface area contributed by atoms with Crippen LogP contribution in [0.25, 0.3) is 11.3 Å². The van der Waals surface area contributed by atoms with Crippen LogP contribution in [-0.4, -0.2) is 54.6 Å². The minimum atomic E-state index is -0.566. The van der Waals surface area contributed by atoms with Gasteiger partial charge in [0, 0.05) is 38.8 Å². The Hall–Kier alpha value is -2.93. The molecule has 1 aliphatic rings. The fourth-order valence-corrected chi connectivity index (χ4v) is 4.23. The number of hydrogen-bond acceptors (Lipinski definition) is 6. The second kappa shape index (κ2) is 12.0. The number of anilines is 1. The first-order valence-electron chi connectivity index (χ1n) is 12.0. The smallest absolute Gasteiger partial charge is 0.232 e. The van der Waals surface area contributed by atoms with Crippen molar-refractivity contribution in [3.05, 3.63) is 84.4 Å². The molecule has 0 unspecified atom stereocenters. The van der Waals surface area contributed by atoms with Crippen LogP contribution in [-0.2, 0) is 17.8 Å². The molecule has 180 valence electrons. The zero-order chi connectivity index (χ0) is 23.8. The molecule has 0 saturated heterocycles. The topological polar surface area (TPSA) is 62.0 Å². The first-order valence-corrected chi connectivity index (χ1v) is 12.0. The molecule has 1 aromatic heterocycles. The molecule has 1 aliphatic carbocycles. The lowest BCUT2D eigenvalue weighted by molar-refractivity contribution is 0.0237. The van der Waals surface area contributed by atoms with Crippen LogP contribution in [0.3, 0.4) is 0 Å². The van der Waals surface area contributed by atoms with Crippen LogP contribution in [0.5, 0.6) is 0 Å². The Morgan fingerprint density at radius 2 is 1.82 bits per heavy atom. The predicted octanol–water partition coefficient (Wildman–Crippen LogP) is 4.75. The average molecular weight is 462 g/mol. The number of hydrogen-bond donors (Lipinski definition) is 1. The number of aliphatic hydroxyl groups excluding tert-OH is 1. The minimum absolute atomic E-state index is 0.295. The zero-order valence-corrected chi connectivity index (χ0v) is 20.0. The number of aliphatic hydroxyl groups is 1. The lowest BCUT2D eigenvalue weighted by Gasteiger charge is -2.26. The van der Waals surface area contributed by atoms with Crippen molar-refractivity contribution in [3.63, 3.8) is 0 Å². The van der Waals surface area contributed by atoms with E-state index in [-0.39, 0.29) is 0 Å². The summed E-state index contributed by atoms with van der Waals surface area (Å²) in [7, 11) is 2.04. The van der Waals surface area contributed by atoms with Crippen molar-refractivity contribution in [1.82, 2.24) is 10.1 Å². The molecule has 0 amide bonds. The van der Waals surface area contributed by atoms with Gasteiger partial charge in [-0.15, -0.1) is 6.58 Å². The van der Waals surface area contributed by atoms with Crippen LogP contribution in [0.1, 0.15) is 24.0 Å². The Labute approximate surface area is 202 Å². The third-order valence-corrected chi connectivity index (χ3v) is 6.03. The number of benzene rings is 2. The maximum atomic E-state index is 10.6. The minimum Gasteiger partial charge on any atom is -0.389 e. The second-order valence-corrected chi connectivity index (χ2v) is 9.14. The maximum Gasteiger partial charge on any atom is 0.232 e. The third-order valence-electron chi connectivity index (χ3n) is 6.03. The Morgan fingerprint density at radius 3 is 2.50 bits per heavy atom. The van der Waals surface area contributed by atoms with Crippen LogP contribution in [0, 0.1) is 5.92 Å². The van der Waals surface area contributed by atoms with E-state index < -0.39 is 6.10 Å². The summed E-state index contributed by atoms with van der Waals surface area (Å²) in [5.74, 6) is 1.45. The summed E-state index contributed by atoms with van der Waals surface area (Å²) in [6.45, 7) is 7.26. The van der Waals surface area contributed by atoms with E-state index in [0.717, 1.165) is 35.8 Å². The summed E-state index contributed by atoms with van der Waals surface area (Å²) in [6.07, 6.45) is 3.63. The fourth-order valence-electron chi connectivity index (χ4n) is 4.23. The highest BCUT2D eigenvalue weighted by atomic mass is 16.5. The van der Waals surface area contributed by atoms with Crippen molar-refractivity contribution in [2.45, 2.75) is 32.0 Å². The molecule has 1 saturated carbocycles. The highest BCUT2D eigenvalue weighted by molar-refractivity contribution is 5.68. The first kappa shape index (κ1) is 24.2. The standard InChI is InChI=1S/C28H35N3O3/c1-3-16-33-21-25(32)19-31(18-23-14-15-23)20-26-27(24-12-8-5-9-13-24)29-34-28(26)30(2)17-22-10-6-4-7-11-22/h3-13,23,25,32H,1,14-21H2,2H3/t25-/m1/s1. The first-order chi connectivity index (χ1) is 16.6. The van der Waals surface area contributed by atoms with Gasteiger partial charge in [0.05, 0.1) is 24.9 Å². The van der Waals surface area contributed by atoms with Gasteiger partial charge in [0.1, 0.15) is 5.69 Å². The zero-order valence-electron chi connectivity index (χ0n) is 20.0. The number of ether oxygens (including phenoxy) is 1. The summed E-state index contributed by atoms with van der Waals surface area (Å²) >= 11 is 0. The highest BCUT2D eigenvalue weighted by Gasteiger charge is 2.29. The van der Waals surface area contributed by atoms with Crippen molar-refractivity contribution in [2.75, 3.05) is 38.3 Å². The number of nitrogens with zero attached hydrogens (tertiary/aromatic N) is 3. The monoisotopic (exact) mass is 461 g/mol. The molecule has 0 spiro atoms.